The van der Waals surface area contributed by atoms with E-state index in [1.54, 1.807) is 11.8 Å². The smallest absolute Gasteiger partial charge is 0.275 e. The van der Waals surface area contributed by atoms with Crippen LogP contribution < -0.4 is 10.1 Å². The number of nitrogens with zero attached hydrogens (tertiary/aromatic N) is 4. The monoisotopic (exact) mass is 452 g/mol. The summed E-state index contributed by atoms with van der Waals surface area (Å²) in [6.45, 7) is 3.69. The average molecular weight is 452 g/mol. The fourth-order valence-corrected chi connectivity index (χ4v) is 3.90. The van der Waals surface area contributed by atoms with Gasteiger partial charge in [0.25, 0.3) is 11.6 Å². The van der Waals surface area contributed by atoms with Crippen LogP contribution in [0.2, 0.25) is 0 Å². The summed E-state index contributed by atoms with van der Waals surface area (Å²) in [5.74, 6) is -0.125. The standard InChI is InChI=1S/C22H24N6O5/c1-14(21(29)23-18-13-15(28(31)32)7-8-19(18)33-2)26-9-11-27(12-10-26)22(30)20-16-5-3-4-6-17(16)24-25-20/h3-8,13-14H,9-12H2,1-2H3,(H,23,29)(H,24,25). The van der Waals surface area contributed by atoms with Crippen molar-refractivity contribution >= 4 is 34.1 Å². The Morgan fingerprint density at radius 1 is 1.18 bits per heavy atom. The summed E-state index contributed by atoms with van der Waals surface area (Å²) in [6, 6.07) is 11.0. The molecule has 1 atom stereocenters. The van der Waals surface area contributed by atoms with Gasteiger partial charge in [-0.2, -0.15) is 5.10 Å². The molecule has 0 spiro atoms. The second-order valence-electron chi connectivity index (χ2n) is 7.75. The van der Waals surface area contributed by atoms with Crippen molar-refractivity contribution in [3.05, 3.63) is 58.3 Å². The lowest BCUT2D eigenvalue weighted by Gasteiger charge is -2.37. The van der Waals surface area contributed by atoms with Gasteiger partial charge in [0.2, 0.25) is 5.91 Å². The molecular weight excluding hydrogens is 428 g/mol. The second kappa shape index (κ2) is 9.25. The number of fused-ring (bicyclic) bond motifs is 1. The number of piperazine rings is 1. The van der Waals surface area contributed by atoms with Gasteiger partial charge in [0.05, 0.1) is 29.3 Å². The maximum absolute atomic E-state index is 13.0. The van der Waals surface area contributed by atoms with E-state index in [4.69, 9.17) is 4.74 Å². The highest BCUT2D eigenvalue weighted by atomic mass is 16.6. The molecule has 2 heterocycles. The van der Waals surface area contributed by atoms with E-state index in [0.29, 0.717) is 37.6 Å². The van der Waals surface area contributed by atoms with Crippen LogP contribution in [0.1, 0.15) is 17.4 Å². The molecule has 3 aromatic rings. The molecule has 0 saturated carbocycles. The molecule has 2 amide bonds. The molecule has 11 heteroatoms. The minimum Gasteiger partial charge on any atom is -0.495 e. The number of benzene rings is 2. The first-order valence-corrected chi connectivity index (χ1v) is 10.5. The summed E-state index contributed by atoms with van der Waals surface area (Å²) >= 11 is 0. The summed E-state index contributed by atoms with van der Waals surface area (Å²) in [6.07, 6.45) is 0. The number of para-hydroxylation sites is 1. The summed E-state index contributed by atoms with van der Waals surface area (Å²) in [5, 5.41) is 21.6. The van der Waals surface area contributed by atoms with E-state index in [-0.39, 0.29) is 23.2 Å². The molecule has 0 aliphatic carbocycles. The van der Waals surface area contributed by atoms with Gasteiger partial charge in [0.1, 0.15) is 5.75 Å². The van der Waals surface area contributed by atoms with Gasteiger partial charge in [0.15, 0.2) is 5.69 Å². The maximum Gasteiger partial charge on any atom is 0.275 e. The molecule has 4 rings (SSSR count). The first kappa shape index (κ1) is 22.2. The fourth-order valence-electron chi connectivity index (χ4n) is 3.90. The van der Waals surface area contributed by atoms with Crippen LogP contribution in [0.4, 0.5) is 11.4 Å². The minimum atomic E-state index is -0.530. The second-order valence-corrected chi connectivity index (χ2v) is 7.75. The Kier molecular flexibility index (Phi) is 6.22. The van der Waals surface area contributed by atoms with Crippen molar-refractivity contribution in [2.24, 2.45) is 0 Å². The lowest BCUT2D eigenvalue weighted by Crippen LogP contribution is -2.54. The third-order valence-corrected chi connectivity index (χ3v) is 5.85. The van der Waals surface area contributed by atoms with Crippen molar-refractivity contribution < 1.29 is 19.2 Å². The first-order chi connectivity index (χ1) is 15.9. The van der Waals surface area contributed by atoms with Crippen molar-refractivity contribution in [1.29, 1.82) is 0 Å². The van der Waals surface area contributed by atoms with Gasteiger partial charge in [-0.25, -0.2) is 0 Å². The highest BCUT2D eigenvalue weighted by Gasteiger charge is 2.30. The van der Waals surface area contributed by atoms with Gasteiger partial charge in [0, 0.05) is 43.7 Å². The van der Waals surface area contributed by atoms with Gasteiger partial charge in [-0.15, -0.1) is 0 Å². The molecule has 1 saturated heterocycles. The number of carbonyl (C=O) groups is 2. The Morgan fingerprint density at radius 3 is 2.61 bits per heavy atom. The number of nitrogens with one attached hydrogen (secondary N) is 2. The molecule has 1 fully saturated rings. The molecule has 0 bridgehead atoms. The van der Waals surface area contributed by atoms with Crippen LogP contribution in [0.15, 0.2) is 42.5 Å². The predicted molar refractivity (Wildman–Crippen MR) is 121 cm³/mol. The number of carbonyl (C=O) groups excluding carboxylic acids is 2. The Morgan fingerprint density at radius 2 is 1.91 bits per heavy atom. The average Bonchev–Trinajstić information content (AvgIpc) is 3.27. The van der Waals surface area contributed by atoms with Crippen LogP contribution in [0.3, 0.4) is 0 Å². The molecule has 33 heavy (non-hydrogen) atoms. The molecule has 1 aromatic heterocycles. The van der Waals surface area contributed by atoms with Gasteiger partial charge in [-0.05, 0) is 19.1 Å². The number of aromatic nitrogens is 2. The quantitative estimate of drug-likeness (QED) is 0.433. The molecule has 0 radical (unpaired) electrons. The maximum atomic E-state index is 13.0. The van der Waals surface area contributed by atoms with Crippen LogP contribution in [0.5, 0.6) is 5.75 Å². The number of nitro benzene ring substituents is 1. The van der Waals surface area contributed by atoms with Crippen LogP contribution in [0, 0.1) is 10.1 Å². The van der Waals surface area contributed by atoms with Gasteiger partial charge >= 0.3 is 0 Å². The van der Waals surface area contributed by atoms with E-state index in [1.807, 2.05) is 29.2 Å². The Hall–Kier alpha value is -3.99. The number of rotatable bonds is 6. The number of amides is 2. The number of aromatic amines is 1. The predicted octanol–water partition coefficient (Wildman–Crippen LogP) is 2.26. The molecule has 1 aliphatic heterocycles. The summed E-state index contributed by atoms with van der Waals surface area (Å²) in [7, 11) is 1.43. The first-order valence-electron chi connectivity index (χ1n) is 10.5. The van der Waals surface area contributed by atoms with Crippen molar-refractivity contribution in [2.45, 2.75) is 13.0 Å². The number of H-pyrrole nitrogens is 1. The SMILES string of the molecule is COc1ccc([N+](=O)[O-])cc1NC(=O)C(C)N1CCN(C(=O)c2n[nH]c3ccccc23)CC1. The third-order valence-electron chi connectivity index (χ3n) is 5.85. The number of nitro groups is 1. The largest absolute Gasteiger partial charge is 0.495 e. The van der Waals surface area contributed by atoms with Gasteiger partial charge in [-0.1, -0.05) is 18.2 Å². The van der Waals surface area contributed by atoms with Crippen LogP contribution >= 0.6 is 0 Å². The van der Waals surface area contributed by atoms with Crippen molar-refractivity contribution in [1.82, 2.24) is 20.0 Å². The van der Waals surface area contributed by atoms with Crippen LogP contribution in [-0.2, 0) is 4.79 Å². The van der Waals surface area contributed by atoms with E-state index in [1.165, 1.54) is 25.3 Å². The highest BCUT2D eigenvalue weighted by molar-refractivity contribution is 6.04. The number of hydrogen-bond donors (Lipinski definition) is 2. The topological polar surface area (TPSA) is 134 Å². The van der Waals surface area contributed by atoms with Gasteiger partial charge < -0.3 is 15.0 Å². The van der Waals surface area contributed by atoms with Crippen LogP contribution in [-0.4, -0.2) is 76.1 Å². The number of non-ortho nitro benzene ring substituents is 1. The molecular formula is C22H24N6O5. The number of anilines is 1. The normalized spacial score (nSPS) is 15.3. The number of hydrogen-bond acceptors (Lipinski definition) is 7. The molecule has 1 aliphatic rings. The van der Waals surface area contributed by atoms with Gasteiger partial charge in [-0.3, -0.25) is 29.7 Å². The zero-order valence-corrected chi connectivity index (χ0v) is 18.3. The summed E-state index contributed by atoms with van der Waals surface area (Å²) < 4.78 is 5.21. The number of methoxy groups -OCH3 is 1. The molecule has 172 valence electrons. The van der Waals surface area contributed by atoms with Crippen LogP contribution in [0.25, 0.3) is 10.9 Å². The molecule has 2 aromatic carbocycles. The Labute approximate surface area is 189 Å². The summed E-state index contributed by atoms with van der Waals surface area (Å²) in [4.78, 5) is 40.0. The zero-order chi connectivity index (χ0) is 23.5. The van der Waals surface area contributed by atoms with E-state index in [9.17, 15) is 19.7 Å². The van der Waals surface area contributed by atoms with E-state index < -0.39 is 11.0 Å². The van der Waals surface area contributed by atoms with Crippen molar-refractivity contribution in [3.8, 4) is 5.75 Å². The Bertz CT molecular complexity index is 1200. The molecule has 11 nitrogen and oxygen atoms in total. The lowest BCUT2D eigenvalue weighted by molar-refractivity contribution is -0.384. The van der Waals surface area contributed by atoms with E-state index in [2.05, 4.69) is 15.5 Å². The minimum absolute atomic E-state index is 0.142. The lowest BCUT2D eigenvalue weighted by atomic mass is 10.1. The Balaban J connectivity index is 1.39. The summed E-state index contributed by atoms with van der Waals surface area (Å²) in [5.41, 5.74) is 1.29. The zero-order valence-electron chi connectivity index (χ0n) is 18.3. The third kappa shape index (κ3) is 4.48. The van der Waals surface area contributed by atoms with Crippen molar-refractivity contribution in [2.75, 3.05) is 38.6 Å². The highest BCUT2D eigenvalue weighted by Crippen LogP contribution is 2.29. The number of ether oxygens (including phenoxy) is 1. The van der Waals surface area contributed by atoms with E-state index in [0.717, 1.165) is 10.9 Å². The molecule has 2 N–H and O–H groups in total. The van der Waals surface area contributed by atoms with E-state index >= 15 is 0 Å². The fraction of sp³-hybridized carbons (Fsp3) is 0.318. The molecule has 1 unspecified atom stereocenters. The van der Waals surface area contributed by atoms with Crippen molar-refractivity contribution in [3.63, 3.8) is 0 Å².